The van der Waals surface area contributed by atoms with Gasteiger partial charge in [-0.3, -0.25) is 0 Å². The zero-order valence-corrected chi connectivity index (χ0v) is 24.9. The molecule has 0 spiro atoms. The highest BCUT2D eigenvalue weighted by molar-refractivity contribution is 6.60. The molecule has 0 bridgehead atoms. The van der Waals surface area contributed by atoms with Crippen LogP contribution >= 0.6 is 162 Å². The summed E-state index contributed by atoms with van der Waals surface area (Å²) in [4.78, 5) is 0. The minimum Gasteiger partial charge on any atom is -0.0829 e. The predicted molar refractivity (Wildman–Crippen MR) is 147 cm³/mol. The fraction of sp³-hybridized carbons (Fsp3) is 0. The summed E-state index contributed by atoms with van der Waals surface area (Å²) in [5.74, 6) is 0. The average molecular weight is 713 g/mol. The van der Waals surface area contributed by atoms with Crippen molar-refractivity contribution in [3.63, 3.8) is 0 Å². The van der Waals surface area contributed by atoms with Gasteiger partial charge >= 0.3 is 0 Å². The van der Waals surface area contributed by atoms with E-state index in [2.05, 4.69) is 0 Å². The number of halogens is 14. The molecule has 0 fully saturated rings. The number of hydrogen-bond donors (Lipinski definition) is 0. The first-order chi connectivity index (χ1) is 14.7. The molecule has 0 aliphatic rings. The van der Waals surface area contributed by atoms with E-state index in [0.29, 0.717) is 0 Å². The number of hydrogen-bond acceptors (Lipinski definition) is 0. The Morgan fingerprint density at radius 2 is 0.281 bits per heavy atom. The van der Waals surface area contributed by atoms with Crippen LogP contribution in [0.4, 0.5) is 0 Å². The molecule has 0 heterocycles. The molecule has 170 valence electrons. The van der Waals surface area contributed by atoms with Crippen LogP contribution in [0.25, 0.3) is 22.3 Å². The summed E-state index contributed by atoms with van der Waals surface area (Å²) < 4.78 is 0. The molecular formula is C18Cl14. The lowest BCUT2D eigenvalue weighted by atomic mass is 9.97. The summed E-state index contributed by atoms with van der Waals surface area (Å²) in [6.07, 6.45) is 0. The molecule has 3 aromatic rings. The smallest absolute Gasteiger partial charge is 0.0809 e. The topological polar surface area (TPSA) is 0 Å². The lowest BCUT2D eigenvalue weighted by Gasteiger charge is -2.21. The van der Waals surface area contributed by atoms with Crippen molar-refractivity contribution >= 4 is 162 Å². The molecule has 0 saturated carbocycles. The van der Waals surface area contributed by atoms with Crippen molar-refractivity contribution < 1.29 is 0 Å². The fourth-order valence-electron chi connectivity index (χ4n) is 2.72. The van der Waals surface area contributed by atoms with Gasteiger partial charge in [-0.2, -0.15) is 0 Å². The molecule has 0 saturated heterocycles. The summed E-state index contributed by atoms with van der Waals surface area (Å²) >= 11 is 88.7. The first kappa shape index (κ1) is 28.3. The molecule has 0 nitrogen and oxygen atoms in total. The van der Waals surface area contributed by atoms with E-state index in [0.717, 1.165) is 0 Å². The van der Waals surface area contributed by atoms with E-state index in [1.54, 1.807) is 0 Å². The molecule has 0 aliphatic carbocycles. The van der Waals surface area contributed by atoms with Gasteiger partial charge in [0, 0.05) is 22.3 Å². The van der Waals surface area contributed by atoms with Crippen LogP contribution < -0.4 is 0 Å². The molecule has 3 aromatic carbocycles. The third kappa shape index (κ3) is 4.48. The first-order valence-corrected chi connectivity index (χ1v) is 12.9. The van der Waals surface area contributed by atoms with Crippen molar-refractivity contribution in [2.24, 2.45) is 0 Å². The van der Waals surface area contributed by atoms with Crippen molar-refractivity contribution in [2.75, 3.05) is 0 Å². The van der Waals surface area contributed by atoms with Gasteiger partial charge in [0.15, 0.2) is 0 Å². The van der Waals surface area contributed by atoms with Crippen LogP contribution in [0.1, 0.15) is 0 Å². The highest BCUT2D eigenvalue weighted by atomic mass is 35.5. The van der Waals surface area contributed by atoms with Gasteiger partial charge in [-0.05, 0) is 0 Å². The van der Waals surface area contributed by atoms with Crippen LogP contribution in [0.3, 0.4) is 0 Å². The van der Waals surface area contributed by atoms with Crippen LogP contribution in [-0.2, 0) is 0 Å². The highest BCUT2D eigenvalue weighted by Gasteiger charge is 2.31. The lowest BCUT2D eigenvalue weighted by molar-refractivity contribution is 1.57. The Morgan fingerprint density at radius 3 is 0.500 bits per heavy atom. The van der Waals surface area contributed by atoms with Crippen LogP contribution in [0.15, 0.2) is 0 Å². The van der Waals surface area contributed by atoms with Gasteiger partial charge in [-0.1, -0.05) is 162 Å². The van der Waals surface area contributed by atoms with Crippen molar-refractivity contribution in [2.45, 2.75) is 0 Å². The standard InChI is InChI=1S/C18Cl14/c19-5-1(3-8(22)13(27)17(31)14(28)9(3)23)6(20)12(26)7(21)2(5)4-10(24)15(29)18(32)16(30)11(4)25. The number of benzene rings is 3. The second kappa shape index (κ2) is 10.6. The quantitative estimate of drug-likeness (QED) is 0.183. The van der Waals surface area contributed by atoms with Crippen molar-refractivity contribution in [3.8, 4) is 22.3 Å². The van der Waals surface area contributed by atoms with E-state index in [1.165, 1.54) is 0 Å². The first-order valence-electron chi connectivity index (χ1n) is 7.65. The van der Waals surface area contributed by atoms with Crippen molar-refractivity contribution in [1.29, 1.82) is 0 Å². The summed E-state index contributed by atoms with van der Waals surface area (Å²) in [6.45, 7) is 0. The monoisotopic (exact) mass is 706 g/mol. The fourth-order valence-corrected chi connectivity index (χ4v) is 6.66. The minimum absolute atomic E-state index is 0.0301. The van der Waals surface area contributed by atoms with Crippen LogP contribution in [0.5, 0.6) is 0 Å². The lowest BCUT2D eigenvalue weighted by Crippen LogP contribution is -1.95. The molecule has 0 aromatic heterocycles. The largest absolute Gasteiger partial charge is 0.0829 e. The minimum atomic E-state index is -0.133. The van der Waals surface area contributed by atoms with Crippen molar-refractivity contribution in [3.05, 3.63) is 70.3 Å². The van der Waals surface area contributed by atoms with Gasteiger partial charge < -0.3 is 0 Å². The Bertz CT molecular complexity index is 1160. The van der Waals surface area contributed by atoms with E-state index in [1.807, 2.05) is 0 Å². The van der Waals surface area contributed by atoms with Crippen LogP contribution in [-0.4, -0.2) is 0 Å². The summed E-state index contributed by atoms with van der Waals surface area (Å²) in [5, 5.41) is -1.34. The van der Waals surface area contributed by atoms with Crippen molar-refractivity contribution in [1.82, 2.24) is 0 Å². The van der Waals surface area contributed by atoms with Gasteiger partial charge in [-0.25, -0.2) is 0 Å². The zero-order valence-electron chi connectivity index (χ0n) is 14.3. The van der Waals surface area contributed by atoms with Crippen LogP contribution in [0.2, 0.25) is 70.3 Å². The molecule has 3 rings (SSSR count). The van der Waals surface area contributed by atoms with E-state index < -0.39 is 0 Å². The molecule has 0 atom stereocenters. The molecule has 0 unspecified atom stereocenters. The third-order valence-corrected chi connectivity index (χ3v) is 10.4. The average Bonchev–Trinajstić information content (AvgIpc) is 2.76. The van der Waals surface area contributed by atoms with Gasteiger partial charge in [-0.15, -0.1) is 0 Å². The van der Waals surface area contributed by atoms with Gasteiger partial charge in [0.2, 0.25) is 0 Å². The Morgan fingerprint density at radius 1 is 0.156 bits per heavy atom. The van der Waals surface area contributed by atoms with E-state index in [4.69, 9.17) is 162 Å². The SMILES string of the molecule is Clc1c(Cl)c(Cl)c(-c2c(Cl)c(Cl)c(Cl)c(-c3c(Cl)c(Cl)c(Cl)c(Cl)c3Cl)c2Cl)c(Cl)c1Cl. The molecule has 0 radical (unpaired) electrons. The summed E-state index contributed by atoms with van der Waals surface area (Å²) in [6, 6.07) is 0. The number of rotatable bonds is 2. The van der Waals surface area contributed by atoms with Crippen LogP contribution in [0, 0.1) is 0 Å². The maximum Gasteiger partial charge on any atom is 0.0809 e. The van der Waals surface area contributed by atoms with E-state index in [9.17, 15) is 0 Å². The predicted octanol–water partition coefficient (Wildman–Crippen LogP) is 14.2. The Hall–Kier alpha value is 1.72. The second-order valence-corrected chi connectivity index (χ2v) is 11.2. The molecule has 0 amide bonds. The Labute approximate surface area is 252 Å². The molecule has 14 heteroatoms. The van der Waals surface area contributed by atoms with Gasteiger partial charge in [0.1, 0.15) is 0 Å². The highest BCUT2D eigenvalue weighted by Crippen LogP contribution is 2.58. The molecular weight excluding hydrogens is 713 g/mol. The van der Waals surface area contributed by atoms with Gasteiger partial charge in [0.05, 0.1) is 70.3 Å². The Kier molecular flexibility index (Phi) is 9.38. The summed E-state index contributed by atoms with van der Waals surface area (Å²) in [7, 11) is 0. The maximum atomic E-state index is 6.74. The normalized spacial score (nSPS) is 11.4. The zero-order chi connectivity index (χ0) is 24.4. The Balaban J connectivity index is 2.59. The molecule has 0 N–H and O–H groups in total. The summed E-state index contributed by atoms with van der Waals surface area (Å²) in [5.41, 5.74) is 0.145. The van der Waals surface area contributed by atoms with Gasteiger partial charge in [0.25, 0.3) is 0 Å². The maximum absolute atomic E-state index is 6.74. The van der Waals surface area contributed by atoms with E-state index >= 15 is 0 Å². The molecule has 32 heavy (non-hydrogen) atoms. The molecule has 0 aliphatic heterocycles. The third-order valence-electron chi connectivity index (χ3n) is 4.18. The second-order valence-electron chi connectivity index (χ2n) is 5.90. The van der Waals surface area contributed by atoms with E-state index in [-0.39, 0.29) is 92.6 Å².